The van der Waals surface area contributed by atoms with Crippen molar-refractivity contribution in [2.75, 3.05) is 0 Å². The standard InChI is InChI=1S/C20H12F6N4O/c21-13-6-12(18(9-27)3-4-18)7-29-17(13)14-5-11-1-2-16(31)30(15(11)8-28-14)10-19(22,23)20(24,25)26/h1-2,5-8H,3-4,10H2/p+1. The molecule has 0 aromatic carbocycles. The van der Waals surface area contributed by atoms with Crippen LogP contribution in [-0.2, 0) is 12.0 Å². The van der Waals surface area contributed by atoms with Crippen LogP contribution >= 0.6 is 0 Å². The van der Waals surface area contributed by atoms with Gasteiger partial charge in [-0.25, -0.2) is 9.97 Å². The molecule has 0 atom stereocenters. The second-order valence-electron chi connectivity index (χ2n) is 7.39. The summed E-state index contributed by atoms with van der Waals surface area (Å²) in [5, 5.41) is 9.36. The third-order valence-electron chi connectivity index (χ3n) is 5.31. The van der Waals surface area contributed by atoms with E-state index in [0.29, 0.717) is 18.4 Å². The molecular formula is C20H13F6N4O+. The summed E-state index contributed by atoms with van der Waals surface area (Å²) >= 11 is 0. The zero-order chi connectivity index (χ0) is 22.6. The van der Waals surface area contributed by atoms with E-state index in [2.05, 4.69) is 16.0 Å². The molecule has 1 saturated carbocycles. The molecule has 1 aliphatic rings. The summed E-state index contributed by atoms with van der Waals surface area (Å²) in [4.78, 5) is 18.6. The predicted octanol–water partition coefficient (Wildman–Crippen LogP) is 3.77. The highest BCUT2D eigenvalue weighted by atomic mass is 19.4. The second-order valence-corrected chi connectivity index (χ2v) is 7.39. The second kappa shape index (κ2) is 6.80. The zero-order valence-corrected chi connectivity index (χ0v) is 15.6. The van der Waals surface area contributed by atoms with Crippen molar-refractivity contribution < 1.29 is 31.3 Å². The van der Waals surface area contributed by atoms with E-state index < -0.39 is 35.4 Å². The van der Waals surface area contributed by atoms with E-state index in [1.54, 1.807) is 0 Å². The van der Waals surface area contributed by atoms with E-state index in [1.807, 2.05) is 0 Å². The highest BCUT2D eigenvalue weighted by Gasteiger charge is 2.57. The number of nitrogens with zero attached hydrogens (tertiary/aromatic N) is 3. The Hall–Kier alpha value is -3.42. The number of aromatic amines is 1. The van der Waals surface area contributed by atoms with Crippen LogP contribution in [0.2, 0.25) is 0 Å². The van der Waals surface area contributed by atoms with Crippen molar-refractivity contribution in [1.29, 1.82) is 5.26 Å². The number of hydrogen-bond donors (Lipinski definition) is 0. The minimum Gasteiger partial charge on any atom is -0.300 e. The maximum absolute atomic E-state index is 14.7. The molecule has 4 rings (SSSR count). The average molecular weight is 439 g/mol. The van der Waals surface area contributed by atoms with Crippen molar-refractivity contribution in [2.45, 2.75) is 36.9 Å². The van der Waals surface area contributed by atoms with Crippen LogP contribution in [0.3, 0.4) is 0 Å². The van der Waals surface area contributed by atoms with Crippen molar-refractivity contribution in [3.63, 3.8) is 0 Å². The summed E-state index contributed by atoms with van der Waals surface area (Å²) in [5.74, 6) is -5.83. The number of nitrogens with one attached hydrogen (secondary N) is 1. The van der Waals surface area contributed by atoms with Crippen molar-refractivity contribution >= 4 is 10.9 Å². The molecular weight excluding hydrogens is 426 g/mol. The molecule has 1 aliphatic carbocycles. The van der Waals surface area contributed by atoms with Crippen LogP contribution in [0.25, 0.3) is 22.3 Å². The predicted molar refractivity (Wildman–Crippen MR) is 95.5 cm³/mol. The third-order valence-corrected chi connectivity index (χ3v) is 5.31. The summed E-state index contributed by atoms with van der Waals surface area (Å²) in [6, 6.07) is 6.70. The van der Waals surface area contributed by atoms with E-state index >= 15 is 0 Å². The summed E-state index contributed by atoms with van der Waals surface area (Å²) in [7, 11) is 0. The first kappa shape index (κ1) is 20.8. The van der Waals surface area contributed by atoms with E-state index in [4.69, 9.17) is 0 Å². The Morgan fingerprint density at radius 1 is 1.19 bits per heavy atom. The molecule has 31 heavy (non-hydrogen) atoms. The molecule has 1 N–H and O–H groups in total. The van der Waals surface area contributed by atoms with Crippen LogP contribution in [0, 0.1) is 17.1 Å². The Labute approximate surface area is 170 Å². The first-order valence-electron chi connectivity index (χ1n) is 9.05. The topological polar surface area (TPSA) is 72.8 Å². The molecule has 0 bridgehead atoms. The van der Waals surface area contributed by atoms with Crippen molar-refractivity contribution in [3.05, 3.63) is 58.4 Å². The number of nitriles is 1. The summed E-state index contributed by atoms with van der Waals surface area (Å²) in [5.41, 5.74) is -1.55. The largest absolute Gasteiger partial charge is 0.455 e. The summed E-state index contributed by atoms with van der Waals surface area (Å²) in [6.45, 7) is -1.90. The summed E-state index contributed by atoms with van der Waals surface area (Å²) < 4.78 is 79.7. The molecule has 0 amide bonds. The first-order chi connectivity index (χ1) is 14.5. The molecule has 11 heteroatoms. The van der Waals surface area contributed by atoms with E-state index in [-0.39, 0.29) is 26.9 Å². The normalized spacial score (nSPS) is 15.6. The fourth-order valence-corrected chi connectivity index (χ4v) is 3.31. The molecule has 0 spiro atoms. The SMILES string of the molecule is N#CC1(c2c[nH+]c(-c3cc4ccc(=O)n(CC(F)(F)C(F)(F)F)c4cn3)c(F)c2)CC1. The lowest BCUT2D eigenvalue weighted by Gasteiger charge is -2.21. The van der Waals surface area contributed by atoms with Gasteiger partial charge in [-0.15, -0.1) is 0 Å². The first-order valence-corrected chi connectivity index (χ1v) is 9.05. The van der Waals surface area contributed by atoms with Crippen LogP contribution in [0.5, 0.6) is 0 Å². The minimum atomic E-state index is -5.83. The van der Waals surface area contributed by atoms with Gasteiger partial charge >= 0.3 is 12.1 Å². The van der Waals surface area contributed by atoms with E-state index in [9.17, 15) is 36.4 Å². The fourth-order valence-electron chi connectivity index (χ4n) is 3.31. The van der Waals surface area contributed by atoms with Crippen LogP contribution in [0.15, 0.2) is 41.5 Å². The monoisotopic (exact) mass is 439 g/mol. The van der Waals surface area contributed by atoms with Crippen LogP contribution in [0.1, 0.15) is 18.4 Å². The quantitative estimate of drug-likeness (QED) is 0.581. The van der Waals surface area contributed by atoms with Gasteiger partial charge in [0.15, 0.2) is 12.0 Å². The molecule has 0 unspecified atom stereocenters. The summed E-state index contributed by atoms with van der Waals surface area (Å²) in [6.07, 6.45) is -2.18. The maximum Gasteiger partial charge on any atom is 0.455 e. The van der Waals surface area contributed by atoms with Gasteiger partial charge < -0.3 is 4.57 Å². The van der Waals surface area contributed by atoms with Crippen molar-refractivity contribution in [3.8, 4) is 17.5 Å². The molecule has 160 valence electrons. The van der Waals surface area contributed by atoms with Crippen LogP contribution in [-0.4, -0.2) is 21.6 Å². The van der Waals surface area contributed by atoms with Gasteiger partial charge in [0.1, 0.15) is 5.69 Å². The van der Waals surface area contributed by atoms with Gasteiger partial charge in [0, 0.05) is 17.0 Å². The molecule has 1 fully saturated rings. The number of rotatable bonds is 4. The molecule has 3 heterocycles. The lowest BCUT2D eigenvalue weighted by atomic mass is 9.99. The number of H-pyrrole nitrogens is 1. The number of fused-ring (bicyclic) bond motifs is 1. The Balaban J connectivity index is 1.76. The fraction of sp³-hybridized carbons (Fsp3) is 0.300. The molecule has 0 radical (unpaired) electrons. The van der Waals surface area contributed by atoms with Gasteiger partial charge in [-0.2, -0.15) is 31.6 Å². The highest BCUT2D eigenvalue weighted by molar-refractivity contribution is 5.81. The highest BCUT2D eigenvalue weighted by Crippen LogP contribution is 2.47. The molecule has 0 aliphatic heterocycles. The average Bonchev–Trinajstić information content (AvgIpc) is 3.50. The Morgan fingerprint density at radius 3 is 2.48 bits per heavy atom. The zero-order valence-electron chi connectivity index (χ0n) is 15.6. The van der Waals surface area contributed by atoms with Gasteiger partial charge in [0.2, 0.25) is 0 Å². The maximum atomic E-state index is 14.7. The van der Waals surface area contributed by atoms with Gasteiger partial charge in [0.05, 0.1) is 29.7 Å². The van der Waals surface area contributed by atoms with Gasteiger partial charge in [-0.1, -0.05) is 0 Å². The Bertz CT molecular complexity index is 1290. The smallest absolute Gasteiger partial charge is 0.300 e. The molecule has 5 nitrogen and oxygen atoms in total. The van der Waals surface area contributed by atoms with Crippen molar-refractivity contribution in [1.82, 2.24) is 9.55 Å². The molecule has 0 saturated heterocycles. The van der Waals surface area contributed by atoms with E-state index in [1.165, 1.54) is 24.4 Å². The molecule has 3 aromatic heterocycles. The van der Waals surface area contributed by atoms with E-state index in [0.717, 1.165) is 12.3 Å². The van der Waals surface area contributed by atoms with Gasteiger partial charge in [-0.3, -0.25) is 4.79 Å². The van der Waals surface area contributed by atoms with Crippen LogP contribution in [0.4, 0.5) is 26.3 Å². The Kier molecular flexibility index (Phi) is 4.57. The lowest BCUT2D eigenvalue weighted by molar-refractivity contribution is -0.368. The van der Waals surface area contributed by atoms with Gasteiger partial charge in [-0.05, 0) is 31.0 Å². The Morgan fingerprint density at radius 2 is 1.90 bits per heavy atom. The number of alkyl halides is 5. The van der Waals surface area contributed by atoms with Gasteiger partial charge in [0.25, 0.3) is 11.3 Å². The minimum absolute atomic E-state index is 0.0473. The number of halogens is 6. The number of hydrogen-bond acceptors (Lipinski definition) is 3. The molecule has 3 aromatic rings. The van der Waals surface area contributed by atoms with Crippen LogP contribution < -0.4 is 10.5 Å². The number of pyridine rings is 3. The number of aromatic nitrogens is 3. The lowest BCUT2D eigenvalue weighted by Crippen LogP contribution is -2.42. The third kappa shape index (κ3) is 3.52. The van der Waals surface area contributed by atoms with Crippen molar-refractivity contribution in [2.24, 2.45) is 0 Å².